The number of carbonyl (C=O) groups is 1. The van der Waals surface area contributed by atoms with Crippen LogP contribution in [-0.4, -0.2) is 36.9 Å². The number of benzene rings is 3. The smallest absolute Gasteiger partial charge is 0.276 e. The molecule has 49 heavy (non-hydrogen) atoms. The molecule has 10 heteroatoms. The summed E-state index contributed by atoms with van der Waals surface area (Å²) in [5.74, 6) is 0.608. The van der Waals surface area contributed by atoms with Gasteiger partial charge in [0, 0.05) is 46.7 Å². The van der Waals surface area contributed by atoms with Crippen LogP contribution in [0.1, 0.15) is 63.6 Å². The number of ether oxygens (including phenoxy) is 1. The number of aryl methyl sites for hydroxylation is 6. The van der Waals surface area contributed by atoms with E-state index in [1.807, 2.05) is 80.5 Å². The lowest BCUT2D eigenvalue weighted by Crippen LogP contribution is -2.48. The van der Waals surface area contributed by atoms with Crippen LogP contribution in [0.2, 0.25) is 5.02 Å². The molecule has 1 aliphatic rings. The monoisotopic (exact) mass is 692 g/mol. The van der Waals surface area contributed by atoms with Crippen molar-refractivity contribution in [3.8, 4) is 22.9 Å². The summed E-state index contributed by atoms with van der Waals surface area (Å²) in [5, 5.41) is 17.1. The molecule has 250 valence electrons. The molecular weight excluding hydrogens is 655 g/mol. The Balaban J connectivity index is 1.38. The van der Waals surface area contributed by atoms with Crippen molar-refractivity contribution in [1.82, 2.24) is 18.9 Å². The summed E-state index contributed by atoms with van der Waals surface area (Å²) in [4.78, 5) is 16.7. The number of hydrogen-bond donors (Lipinski definition) is 0. The molecule has 7 rings (SSSR count). The van der Waals surface area contributed by atoms with E-state index in [1.165, 1.54) is 0 Å². The highest BCUT2D eigenvalue weighted by Crippen LogP contribution is 2.45. The van der Waals surface area contributed by atoms with E-state index in [0.717, 1.165) is 71.8 Å². The normalized spacial score (nSPS) is 16.1. The van der Waals surface area contributed by atoms with Gasteiger partial charge in [0.25, 0.3) is 5.91 Å². The van der Waals surface area contributed by atoms with Crippen molar-refractivity contribution in [1.29, 1.82) is 5.26 Å². The number of alkyl halides is 1. The largest absolute Gasteiger partial charge is 0.494 e. The lowest BCUT2D eigenvalue weighted by molar-refractivity contribution is 0.0951. The standard InChI is InChI=1S/C39H38Cl2N6O2/c1-21-17-27(18-22(2)35(21)40)49-16-10-13-29-28-11-8-12-30(34-23(3)43-45(7)24(34)4)36(28)46-25(5)38(41)47(39(48)37(29)46)33-15-9-14-32-31(33)19-26(20-42)44(32)6/h8-9,11-12,14-15,17-19,25,38H,10,13,16H2,1-7H3/t25-,38?/m1/s1. The van der Waals surface area contributed by atoms with Gasteiger partial charge in [0.1, 0.15) is 28.7 Å². The number of hydrogen-bond acceptors (Lipinski definition) is 4. The average molecular weight is 694 g/mol. The first-order chi connectivity index (χ1) is 23.4. The summed E-state index contributed by atoms with van der Waals surface area (Å²) in [6.45, 7) is 10.6. The molecule has 2 atom stereocenters. The van der Waals surface area contributed by atoms with Gasteiger partial charge in [-0.25, -0.2) is 0 Å². The minimum Gasteiger partial charge on any atom is -0.494 e. The second-order valence-corrected chi connectivity index (χ2v) is 13.9. The molecule has 0 aliphatic carbocycles. The highest BCUT2D eigenvalue weighted by molar-refractivity contribution is 6.32. The number of aromatic nitrogens is 4. The molecule has 0 radical (unpaired) electrons. The molecule has 3 aromatic heterocycles. The Labute approximate surface area is 296 Å². The van der Waals surface area contributed by atoms with Crippen LogP contribution in [0.5, 0.6) is 5.75 Å². The Morgan fingerprint density at radius 2 is 1.71 bits per heavy atom. The highest BCUT2D eigenvalue weighted by Gasteiger charge is 2.42. The van der Waals surface area contributed by atoms with Crippen molar-refractivity contribution in [2.45, 2.75) is 59.0 Å². The van der Waals surface area contributed by atoms with Gasteiger partial charge in [0.2, 0.25) is 0 Å². The van der Waals surface area contributed by atoms with E-state index in [-0.39, 0.29) is 11.9 Å². The maximum Gasteiger partial charge on any atom is 0.276 e. The third kappa shape index (κ3) is 5.10. The molecule has 0 N–H and O–H groups in total. The van der Waals surface area contributed by atoms with Crippen molar-refractivity contribution < 1.29 is 9.53 Å². The molecule has 1 amide bonds. The number of fused-ring (bicyclic) bond motifs is 4. The molecule has 6 aromatic rings. The fourth-order valence-corrected chi connectivity index (χ4v) is 8.00. The van der Waals surface area contributed by atoms with Crippen LogP contribution in [-0.2, 0) is 20.5 Å². The number of amides is 1. The molecule has 0 saturated carbocycles. The van der Waals surface area contributed by atoms with Gasteiger partial charge in [-0.05, 0) is 94.5 Å². The summed E-state index contributed by atoms with van der Waals surface area (Å²) < 4.78 is 12.1. The topological polar surface area (TPSA) is 81.0 Å². The van der Waals surface area contributed by atoms with Gasteiger partial charge in [0.15, 0.2) is 0 Å². The van der Waals surface area contributed by atoms with E-state index in [9.17, 15) is 5.26 Å². The lowest BCUT2D eigenvalue weighted by atomic mass is 9.98. The molecular formula is C39H38Cl2N6O2. The maximum absolute atomic E-state index is 15.0. The first-order valence-electron chi connectivity index (χ1n) is 16.5. The second kappa shape index (κ2) is 12.3. The van der Waals surface area contributed by atoms with Gasteiger partial charge in [0.05, 0.1) is 35.1 Å². The van der Waals surface area contributed by atoms with Crippen molar-refractivity contribution >= 4 is 56.6 Å². The molecule has 0 fully saturated rings. The Kier molecular flexibility index (Phi) is 8.25. The fraction of sp³-hybridized carbons (Fsp3) is 0.308. The Bertz CT molecular complexity index is 2330. The maximum atomic E-state index is 15.0. The number of carbonyl (C=O) groups excluding carboxylic acids is 1. The highest BCUT2D eigenvalue weighted by atomic mass is 35.5. The number of nitriles is 1. The van der Waals surface area contributed by atoms with Crippen LogP contribution in [0.4, 0.5) is 5.69 Å². The number of nitrogens with zero attached hydrogens (tertiary/aromatic N) is 6. The SMILES string of the molecule is Cc1cc(OCCCc2c3n(c4c(-c5c(C)nn(C)c5C)cccc24)[C@H](C)C(Cl)N(c2cccc4c2cc(C#N)n4C)C3=O)cc(C)c1Cl. The van der Waals surface area contributed by atoms with Crippen LogP contribution in [0.3, 0.4) is 0 Å². The first-order valence-corrected chi connectivity index (χ1v) is 17.3. The second-order valence-electron chi connectivity index (χ2n) is 13.1. The van der Waals surface area contributed by atoms with Crippen LogP contribution < -0.4 is 9.64 Å². The summed E-state index contributed by atoms with van der Waals surface area (Å²) in [7, 11) is 3.81. The van der Waals surface area contributed by atoms with Crippen LogP contribution in [0.15, 0.2) is 54.6 Å². The predicted molar refractivity (Wildman–Crippen MR) is 197 cm³/mol. The van der Waals surface area contributed by atoms with Gasteiger partial charge < -0.3 is 13.9 Å². The Morgan fingerprint density at radius 3 is 2.39 bits per heavy atom. The van der Waals surface area contributed by atoms with Gasteiger partial charge in [-0.1, -0.05) is 47.5 Å². The van der Waals surface area contributed by atoms with E-state index < -0.39 is 5.50 Å². The third-order valence-electron chi connectivity index (χ3n) is 10.1. The lowest BCUT2D eigenvalue weighted by Gasteiger charge is -2.39. The zero-order valence-corrected chi connectivity index (χ0v) is 30.2. The minimum atomic E-state index is -0.691. The molecule has 3 aromatic carbocycles. The zero-order valence-electron chi connectivity index (χ0n) is 28.7. The number of anilines is 1. The number of para-hydroxylation sites is 1. The summed E-state index contributed by atoms with van der Waals surface area (Å²) in [6, 6.07) is 19.8. The molecule has 1 aliphatic heterocycles. The molecule has 0 bridgehead atoms. The summed E-state index contributed by atoms with van der Waals surface area (Å²) >= 11 is 13.7. The van der Waals surface area contributed by atoms with Gasteiger partial charge in [-0.15, -0.1) is 0 Å². The molecule has 0 spiro atoms. The zero-order chi connectivity index (χ0) is 34.9. The molecule has 0 saturated heterocycles. The fourth-order valence-electron chi connectivity index (χ4n) is 7.59. The van der Waals surface area contributed by atoms with Gasteiger partial charge in [-0.2, -0.15) is 10.4 Å². The van der Waals surface area contributed by atoms with Crippen LogP contribution >= 0.6 is 23.2 Å². The minimum absolute atomic E-state index is 0.172. The Morgan fingerprint density at radius 1 is 1.00 bits per heavy atom. The van der Waals surface area contributed by atoms with Gasteiger partial charge in [-0.3, -0.25) is 14.4 Å². The summed E-state index contributed by atoms with van der Waals surface area (Å²) in [6.07, 6.45) is 1.31. The Hall–Kier alpha value is -4.71. The van der Waals surface area contributed by atoms with E-state index in [1.54, 1.807) is 4.90 Å². The van der Waals surface area contributed by atoms with Crippen molar-refractivity contribution in [3.63, 3.8) is 0 Å². The quantitative estimate of drug-likeness (QED) is 0.0950. The van der Waals surface area contributed by atoms with E-state index in [2.05, 4.69) is 42.7 Å². The van der Waals surface area contributed by atoms with Crippen LogP contribution in [0.25, 0.3) is 32.9 Å². The predicted octanol–water partition coefficient (Wildman–Crippen LogP) is 9.09. The number of rotatable bonds is 7. The van der Waals surface area contributed by atoms with E-state index in [4.69, 9.17) is 33.0 Å². The molecule has 1 unspecified atom stereocenters. The molecule has 4 heterocycles. The first kappa shape index (κ1) is 32.8. The van der Waals surface area contributed by atoms with E-state index in [0.29, 0.717) is 36.5 Å². The summed E-state index contributed by atoms with van der Waals surface area (Å²) in [5.41, 5.74) is 9.94. The van der Waals surface area contributed by atoms with Crippen molar-refractivity contribution in [2.75, 3.05) is 11.5 Å². The van der Waals surface area contributed by atoms with Crippen LogP contribution in [0, 0.1) is 39.0 Å². The van der Waals surface area contributed by atoms with Crippen molar-refractivity contribution in [2.24, 2.45) is 14.1 Å². The van der Waals surface area contributed by atoms with Crippen molar-refractivity contribution in [3.05, 3.63) is 99.1 Å². The van der Waals surface area contributed by atoms with E-state index >= 15 is 4.79 Å². The van der Waals surface area contributed by atoms with Gasteiger partial charge >= 0.3 is 0 Å². The molecule has 8 nitrogen and oxygen atoms in total. The number of halogens is 2. The average Bonchev–Trinajstić information content (AvgIpc) is 3.68. The third-order valence-corrected chi connectivity index (χ3v) is 11.2.